The standard InChI is InChI=1S/C14H22N2O3/c1-10(2)15-6-4-5-13(15)14(18)16-7-12(8-17)19-9-11(16)3/h4-6,10-12,17H,7-9H2,1-3H3. The number of rotatable bonds is 3. The van der Waals surface area contributed by atoms with Crippen LogP contribution in [0.4, 0.5) is 0 Å². The maximum Gasteiger partial charge on any atom is 0.270 e. The number of nitrogens with zero attached hydrogens (tertiary/aromatic N) is 2. The quantitative estimate of drug-likeness (QED) is 0.897. The van der Waals surface area contributed by atoms with Crippen LogP contribution in [-0.2, 0) is 4.74 Å². The second-order valence-corrected chi connectivity index (χ2v) is 5.34. The number of morpholine rings is 1. The van der Waals surface area contributed by atoms with E-state index < -0.39 is 0 Å². The molecule has 2 atom stereocenters. The fraction of sp³-hybridized carbons (Fsp3) is 0.643. The number of ether oxygens (including phenoxy) is 1. The predicted octanol–water partition coefficient (Wildman–Crippen LogP) is 1.29. The number of carbonyl (C=O) groups is 1. The Morgan fingerprint density at radius 2 is 2.32 bits per heavy atom. The maximum atomic E-state index is 12.6. The fourth-order valence-electron chi connectivity index (χ4n) is 2.38. The molecule has 1 amide bonds. The van der Waals surface area contributed by atoms with E-state index in [1.54, 1.807) is 4.90 Å². The van der Waals surface area contributed by atoms with Crippen LogP contribution >= 0.6 is 0 Å². The fourth-order valence-corrected chi connectivity index (χ4v) is 2.38. The van der Waals surface area contributed by atoms with Gasteiger partial charge < -0.3 is 19.3 Å². The average Bonchev–Trinajstić information content (AvgIpc) is 2.88. The highest BCUT2D eigenvalue weighted by Crippen LogP contribution is 2.18. The van der Waals surface area contributed by atoms with E-state index in [0.29, 0.717) is 18.8 Å². The Kier molecular flexibility index (Phi) is 4.27. The molecular formula is C14H22N2O3. The zero-order valence-corrected chi connectivity index (χ0v) is 11.7. The number of aliphatic hydroxyl groups excluding tert-OH is 1. The summed E-state index contributed by atoms with van der Waals surface area (Å²) >= 11 is 0. The smallest absolute Gasteiger partial charge is 0.270 e. The van der Waals surface area contributed by atoms with Gasteiger partial charge in [0, 0.05) is 18.8 Å². The number of hydrogen-bond acceptors (Lipinski definition) is 3. The predicted molar refractivity (Wildman–Crippen MR) is 72.1 cm³/mol. The SMILES string of the molecule is CC1COC(CO)CN1C(=O)c1cccn1C(C)C. The summed E-state index contributed by atoms with van der Waals surface area (Å²) in [7, 11) is 0. The Hall–Kier alpha value is -1.33. The van der Waals surface area contributed by atoms with E-state index in [4.69, 9.17) is 4.74 Å². The second-order valence-electron chi connectivity index (χ2n) is 5.34. The Balaban J connectivity index is 2.20. The molecule has 1 aromatic rings. The van der Waals surface area contributed by atoms with Crippen LogP contribution in [0.3, 0.4) is 0 Å². The molecule has 19 heavy (non-hydrogen) atoms. The molecule has 0 aliphatic carbocycles. The summed E-state index contributed by atoms with van der Waals surface area (Å²) in [6.45, 7) is 6.93. The van der Waals surface area contributed by atoms with Crippen molar-refractivity contribution in [2.75, 3.05) is 19.8 Å². The molecule has 1 N–H and O–H groups in total. The molecule has 1 fully saturated rings. The zero-order chi connectivity index (χ0) is 14.0. The van der Waals surface area contributed by atoms with Crippen molar-refractivity contribution < 1.29 is 14.6 Å². The molecule has 1 aliphatic heterocycles. The van der Waals surface area contributed by atoms with Crippen LogP contribution in [0.15, 0.2) is 18.3 Å². The van der Waals surface area contributed by atoms with Crippen molar-refractivity contribution in [2.45, 2.75) is 39.0 Å². The molecule has 0 spiro atoms. The molecule has 2 rings (SSSR count). The van der Waals surface area contributed by atoms with Gasteiger partial charge in [-0.05, 0) is 32.9 Å². The van der Waals surface area contributed by atoms with Gasteiger partial charge in [0.15, 0.2) is 0 Å². The molecule has 0 aromatic carbocycles. The van der Waals surface area contributed by atoms with E-state index in [1.807, 2.05) is 29.8 Å². The molecule has 0 radical (unpaired) electrons. The van der Waals surface area contributed by atoms with Gasteiger partial charge in [-0.15, -0.1) is 0 Å². The Morgan fingerprint density at radius 1 is 1.58 bits per heavy atom. The lowest BCUT2D eigenvalue weighted by atomic mass is 10.2. The maximum absolute atomic E-state index is 12.6. The summed E-state index contributed by atoms with van der Waals surface area (Å²) in [5, 5.41) is 9.18. The number of aromatic nitrogens is 1. The minimum absolute atomic E-state index is 0.00736. The van der Waals surface area contributed by atoms with Crippen molar-refractivity contribution in [1.29, 1.82) is 0 Å². The number of hydrogen-bond donors (Lipinski definition) is 1. The Morgan fingerprint density at radius 3 is 2.95 bits per heavy atom. The molecule has 2 heterocycles. The van der Waals surface area contributed by atoms with Crippen LogP contribution < -0.4 is 0 Å². The van der Waals surface area contributed by atoms with Crippen molar-refractivity contribution in [3.05, 3.63) is 24.0 Å². The number of amides is 1. The molecule has 1 saturated heterocycles. The molecule has 2 unspecified atom stereocenters. The van der Waals surface area contributed by atoms with Gasteiger partial charge in [0.2, 0.25) is 0 Å². The zero-order valence-electron chi connectivity index (χ0n) is 11.7. The molecular weight excluding hydrogens is 244 g/mol. The van der Waals surface area contributed by atoms with Crippen molar-refractivity contribution >= 4 is 5.91 Å². The Labute approximate surface area is 113 Å². The molecule has 0 saturated carbocycles. The largest absolute Gasteiger partial charge is 0.394 e. The lowest BCUT2D eigenvalue weighted by molar-refractivity contribution is -0.0670. The lowest BCUT2D eigenvalue weighted by Gasteiger charge is -2.37. The van der Waals surface area contributed by atoms with Crippen molar-refractivity contribution in [2.24, 2.45) is 0 Å². The van der Waals surface area contributed by atoms with Gasteiger partial charge in [0.25, 0.3) is 5.91 Å². The van der Waals surface area contributed by atoms with Crippen LogP contribution in [0.1, 0.15) is 37.3 Å². The lowest BCUT2D eigenvalue weighted by Crippen LogP contribution is -2.52. The minimum atomic E-state index is -0.275. The third kappa shape index (κ3) is 2.82. The van der Waals surface area contributed by atoms with Crippen molar-refractivity contribution in [1.82, 2.24) is 9.47 Å². The van der Waals surface area contributed by atoms with Crippen LogP contribution in [0.2, 0.25) is 0 Å². The van der Waals surface area contributed by atoms with Crippen LogP contribution in [0.25, 0.3) is 0 Å². The van der Waals surface area contributed by atoms with Crippen molar-refractivity contribution in [3.8, 4) is 0 Å². The van der Waals surface area contributed by atoms with Crippen molar-refractivity contribution in [3.63, 3.8) is 0 Å². The molecule has 1 aromatic heterocycles. The highest BCUT2D eigenvalue weighted by molar-refractivity contribution is 5.93. The third-order valence-electron chi connectivity index (χ3n) is 3.52. The topological polar surface area (TPSA) is 54.7 Å². The first-order chi connectivity index (χ1) is 9.04. The number of carbonyl (C=O) groups excluding carboxylic acids is 1. The summed E-state index contributed by atoms with van der Waals surface area (Å²) in [5.74, 6) is 0.00736. The highest BCUT2D eigenvalue weighted by atomic mass is 16.5. The summed E-state index contributed by atoms with van der Waals surface area (Å²) in [6.07, 6.45) is 1.65. The second kappa shape index (κ2) is 5.75. The van der Waals surface area contributed by atoms with E-state index in [9.17, 15) is 9.90 Å². The first kappa shape index (κ1) is 14.1. The van der Waals surface area contributed by atoms with E-state index in [-0.39, 0.29) is 30.7 Å². The van der Waals surface area contributed by atoms with Gasteiger partial charge in [-0.25, -0.2) is 0 Å². The van der Waals surface area contributed by atoms with Gasteiger partial charge in [-0.1, -0.05) is 0 Å². The molecule has 5 nitrogen and oxygen atoms in total. The van der Waals surface area contributed by atoms with Crippen LogP contribution in [0, 0.1) is 0 Å². The van der Waals surface area contributed by atoms with Gasteiger partial charge in [0.1, 0.15) is 5.69 Å². The van der Waals surface area contributed by atoms with Gasteiger partial charge >= 0.3 is 0 Å². The number of aliphatic hydroxyl groups is 1. The monoisotopic (exact) mass is 266 g/mol. The molecule has 0 bridgehead atoms. The summed E-state index contributed by atoms with van der Waals surface area (Å²) in [6, 6.07) is 4.02. The average molecular weight is 266 g/mol. The normalized spacial score (nSPS) is 23.9. The van der Waals surface area contributed by atoms with E-state index >= 15 is 0 Å². The summed E-state index contributed by atoms with van der Waals surface area (Å²) in [5.41, 5.74) is 0.695. The Bertz CT molecular complexity index is 442. The first-order valence-electron chi connectivity index (χ1n) is 6.74. The van der Waals surface area contributed by atoms with Gasteiger partial charge in [-0.3, -0.25) is 4.79 Å². The van der Waals surface area contributed by atoms with Crippen LogP contribution in [0.5, 0.6) is 0 Å². The van der Waals surface area contributed by atoms with E-state index in [1.165, 1.54) is 0 Å². The van der Waals surface area contributed by atoms with Gasteiger partial charge in [-0.2, -0.15) is 0 Å². The molecule has 5 heteroatoms. The summed E-state index contributed by atoms with van der Waals surface area (Å²) in [4.78, 5) is 14.4. The van der Waals surface area contributed by atoms with Gasteiger partial charge in [0.05, 0.1) is 25.4 Å². The highest BCUT2D eigenvalue weighted by Gasteiger charge is 2.31. The van der Waals surface area contributed by atoms with E-state index in [2.05, 4.69) is 13.8 Å². The summed E-state index contributed by atoms with van der Waals surface area (Å²) < 4.78 is 7.43. The van der Waals surface area contributed by atoms with E-state index in [0.717, 1.165) is 0 Å². The molecule has 1 aliphatic rings. The molecule has 106 valence electrons. The third-order valence-corrected chi connectivity index (χ3v) is 3.52. The minimum Gasteiger partial charge on any atom is -0.394 e. The first-order valence-corrected chi connectivity index (χ1v) is 6.74. The van der Waals surface area contributed by atoms with Crippen LogP contribution in [-0.4, -0.2) is 52.4 Å².